The molecule has 0 fully saturated rings. The molecular formula is C3H7BrO. The summed E-state index contributed by atoms with van der Waals surface area (Å²) in [6.07, 6.45) is 0. The molecule has 1 N–H and O–H groups in total. The lowest BCUT2D eigenvalue weighted by Crippen LogP contribution is -2.04. The van der Waals surface area contributed by atoms with Gasteiger partial charge in [-0.05, 0) is 13.8 Å². The van der Waals surface area contributed by atoms with Crippen molar-refractivity contribution < 1.29 is 5.11 Å². The first-order valence-corrected chi connectivity index (χ1v) is 2.21. The first-order chi connectivity index (χ1) is 2.00. The summed E-state index contributed by atoms with van der Waals surface area (Å²) in [6.45, 7) is 3.32. The van der Waals surface area contributed by atoms with E-state index in [-0.39, 0.29) is 0 Å². The SMILES string of the molecule is CC(C)(O)Br. The highest BCUT2D eigenvalue weighted by Gasteiger charge is 2.01. The van der Waals surface area contributed by atoms with Gasteiger partial charge in [0.05, 0.1) is 0 Å². The molecule has 0 aliphatic rings. The molecule has 0 aromatic carbocycles. The molecule has 0 rings (SSSR count). The third-order valence-electron chi connectivity index (χ3n) is 0. The van der Waals surface area contributed by atoms with E-state index < -0.39 is 4.51 Å². The zero-order chi connectivity index (χ0) is 4.50. The molecule has 0 amide bonds. The van der Waals surface area contributed by atoms with Crippen LogP contribution in [0.5, 0.6) is 0 Å². The van der Waals surface area contributed by atoms with Gasteiger partial charge < -0.3 is 5.11 Å². The summed E-state index contributed by atoms with van der Waals surface area (Å²) in [6, 6.07) is 0. The molecule has 0 bridgehead atoms. The molecule has 0 aromatic rings. The highest BCUT2D eigenvalue weighted by Crippen LogP contribution is 2.07. The standard InChI is InChI=1S/C3H7BrO/c1-3(2,4)5/h5H,1-2H3. The van der Waals surface area contributed by atoms with Gasteiger partial charge in [-0.2, -0.15) is 0 Å². The van der Waals surface area contributed by atoms with Gasteiger partial charge in [0.2, 0.25) is 0 Å². The zero-order valence-corrected chi connectivity index (χ0v) is 4.91. The van der Waals surface area contributed by atoms with Crippen LogP contribution in [0.3, 0.4) is 0 Å². The van der Waals surface area contributed by atoms with Crippen molar-refractivity contribution >= 4 is 15.9 Å². The van der Waals surface area contributed by atoms with Crippen LogP contribution in [0.4, 0.5) is 0 Å². The lowest BCUT2D eigenvalue weighted by molar-refractivity contribution is 0.187. The smallest absolute Gasteiger partial charge is 0.114 e. The topological polar surface area (TPSA) is 20.2 Å². The average molecular weight is 139 g/mol. The van der Waals surface area contributed by atoms with Crippen LogP contribution in [0, 0.1) is 0 Å². The normalized spacial score (nSPS) is 12.0. The number of alkyl halides is 1. The molecule has 0 spiro atoms. The molecule has 1 nitrogen and oxygen atoms in total. The van der Waals surface area contributed by atoms with E-state index >= 15 is 0 Å². The first-order valence-electron chi connectivity index (χ1n) is 1.41. The predicted octanol–water partition coefficient (Wildman–Crippen LogP) is 1.11. The van der Waals surface area contributed by atoms with Gasteiger partial charge in [-0.15, -0.1) is 0 Å². The maximum absolute atomic E-state index is 8.44. The van der Waals surface area contributed by atoms with Crippen molar-refractivity contribution in [3.8, 4) is 0 Å². The Morgan fingerprint density at radius 1 is 1.60 bits per heavy atom. The van der Waals surface area contributed by atoms with Gasteiger partial charge in [-0.25, -0.2) is 0 Å². The molecule has 0 unspecified atom stereocenters. The minimum Gasteiger partial charge on any atom is -0.379 e. The fraction of sp³-hybridized carbons (Fsp3) is 1.00. The Morgan fingerprint density at radius 2 is 1.60 bits per heavy atom. The van der Waals surface area contributed by atoms with Crippen molar-refractivity contribution in [2.24, 2.45) is 0 Å². The zero-order valence-electron chi connectivity index (χ0n) is 3.33. The van der Waals surface area contributed by atoms with Gasteiger partial charge in [0.1, 0.15) is 4.51 Å². The van der Waals surface area contributed by atoms with Crippen LogP contribution in [-0.4, -0.2) is 9.62 Å². The van der Waals surface area contributed by atoms with E-state index in [1.54, 1.807) is 13.8 Å². The minimum absolute atomic E-state index is 0.688. The van der Waals surface area contributed by atoms with Crippen LogP contribution in [0.15, 0.2) is 0 Å². The first kappa shape index (κ1) is 5.44. The van der Waals surface area contributed by atoms with Crippen LogP contribution in [-0.2, 0) is 0 Å². The van der Waals surface area contributed by atoms with Crippen LogP contribution in [0.25, 0.3) is 0 Å². The fourth-order valence-corrected chi connectivity index (χ4v) is 0. The minimum atomic E-state index is -0.688. The summed E-state index contributed by atoms with van der Waals surface area (Å²) in [5.41, 5.74) is 0. The molecule has 0 aromatic heterocycles. The Morgan fingerprint density at radius 3 is 1.60 bits per heavy atom. The predicted molar refractivity (Wildman–Crippen MR) is 25.2 cm³/mol. The molecule has 5 heavy (non-hydrogen) atoms. The Kier molecular flexibility index (Phi) is 1.38. The third kappa shape index (κ3) is 137. The highest BCUT2D eigenvalue weighted by molar-refractivity contribution is 9.10. The van der Waals surface area contributed by atoms with Crippen LogP contribution >= 0.6 is 15.9 Å². The molecule has 32 valence electrons. The number of aliphatic hydroxyl groups is 1. The molecule has 2 heteroatoms. The Labute approximate surface area is 40.1 Å². The highest BCUT2D eigenvalue weighted by atomic mass is 79.9. The maximum Gasteiger partial charge on any atom is 0.114 e. The van der Waals surface area contributed by atoms with Gasteiger partial charge in [0.15, 0.2) is 0 Å². The molecule has 0 aliphatic carbocycles. The van der Waals surface area contributed by atoms with Gasteiger partial charge in [-0.3, -0.25) is 0 Å². The van der Waals surface area contributed by atoms with E-state index in [1.165, 1.54) is 0 Å². The quantitative estimate of drug-likeness (QED) is 0.498. The fourth-order valence-electron chi connectivity index (χ4n) is 0. The summed E-state index contributed by atoms with van der Waals surface area (Å²) in [5.74, 6) is 0. The molecule has 0 saturated heterocycles. The van der Waals surface area contributed by atoms with Gasteiger partial charge in [0, 0.05) is 0 Å². The third-order valence-corrected chi connectivity index (χ3v) is 0. The van der Waals surface area contributed by atoms with Gasteiger partial charge >= 0.3 is 0 Å². The maximum atomic E-state index is 8.44. The molecule has 0 atom stereocenters. The van der Waals surface area contributed by atoms with E-state index in [9.17, 15) is 0 Å². The van der Waals surface area contributed by atoms with Crippen molar-refractivity contribution in [3.05, 3.63) is 0 Å². The molecule has 0 radical (unpaired) electrons. The van der Waals surface area contributed by atoms with Crippen molar-refractivity contribution in [1.82, 2.24) is 0 Å². The molecular weight excluding hydrogens is 132 g/mol. The number of hydrogen-bond acceptors (Lipinski definition) is 1. The summed E-state index contributed by atoms with van der Waals surface area (Å²) >= 11 is 2.93. The summed E-state index contributed by atoms with van der Waals surface area (Å²) < 4.78 is -0.688. The summed E-state index contributed by atoms with van der Waals surface area (Å²) in [5, 5.41) is 8.44. The number of rotatable bonds is 0. The van der Waals surface area contributed by atoms with Crippen molar-refractivity contribution in [1.29, 1.82) is 0 Å². The van der Waals surface area contributed by atoms with E-state index in [2.05, 4.69) is 15.9 Å². The monoisotopic (exact) mass is 138 g/mol. The van der Waals surface area contributed by atoms with Crippen LogP contribution in [0.1, 0.15) is 13.8 Å². The lowest BCUT2D eigenvalue weighted by atomic mass is 10.5. The Balaban J connectivity index is 3.02. The average Bonchev–Trinajstić information content (AvgIpc) is 0.722. The second-order valence-electron chi connectivity index (χ2n) is 1.41. The second kappa shape index (κ2) is 1.27. The van der Waals surface area contributed by atoms with E-state index in [4.69, 9.17) is 5.11 Å². The van der Waals surface area contributed by atoms with E-state index in [1.807, 2.05) is 0 Å². The van der Waals surface area contributed by atoms with Crippen molar-refractivity contribution in [3.63, 3.8) is 0 Å². The van der Waals surface area contributed by atoms with Crippen LogP contribution in [0.2, 0.25) is 0 Å². The summed E-state index contributed by atoms with van der Waals surface area (Å²) in [7, 11) is 0. The molecule has 0 saturated carbocycles. The van der Waals surface area contributed by atoms with Gasteiger partial charge in [-0.1, -0.05) is 15.9 Å². The van der Waals surface area contributed by atoms with Crippen LogP contribution < -0.4 is 0 Å². The molecule has 0 aliphatic heterocycles. The number of halogens is 1. The Bertz CT molecular complexity index is 22.4. The summed E-state index contributed by atoms with van der Waals surface area (Å²) in [4.78, 5) is 0. The van der Waals surface area contributed by atoms with Crippen molar-refractivity contribution in [2.45, 2.75) is 18.4 Å². The largest absolute Gasteiger partial charge is 0.379 e. The van der Waals surface area contributed by atoms with E-state index in [0.29, 0.717) is 0 Å². The second-order valence-corrected chi connectivity index (χ2v) is 3.35. The van der Waals surface area contributed by atoms with Gasteiger partial charge in [0.25, 0.3) is 0 Å². The Hall–Kier alpha value is 0.440. The molecule has 0 heterocycles. The van der Waals surface area contributed by atoms with Crippen molar-refractivity contribution in [2.75, 3.05) is 0 Å². The lowest BCUT2D eigenvalue weighted by Gasteiger charge is -2.01. The van der Waals surface area contributed by atoms with E-state index in [0.717, 1.165) is 0 Å². The number of hydrogen-bond donors (Lipinski definition) is 1.